The fraction of sp³-hybridized carbons (Fsp3) is 0.273. The van der Waals surface area contributed by atoms with Crippen molar-refractivity contribution in [1.29, 1.82) is 0 Å². The second kappa shape index (κ2) is 3.62. The zero-order valence-electron chi connectivity index (χ0n) is 8.46. The summed E-state index contributed by atoms with van der Waals surface area (Å²) in [6.07, 6.45) is 7.74. The summed E-state index contributed by atoms with van der Waals surface area (Å²) in [4.78, 5) is 4.01. The van der Waals surface area contributed by atoms with Crippen LogP contribution in [0.5, 0.6) is 0 Å². The summed E-state index contributed by atoms with van der Waals surface area (Å²) in [7, 11) is 0. The van der Waals surface area contributed by atoms with Crippen LogP contribution in [0.15, 0.2) is 43.0 Å². The van der Waals surface area contributed by atoms with Gasteiger partial charge in [-0.1, -0.05) is 0 Å². The zero-order valence-corrected chi connectivity index (χ0v) is 8.46. The van der Waals surface area contributed by atoms with Crippen molar-refractivity contribution >= 4 is 0 Å². The molecular formula is C11H14N3+. The minimum absolute atomic E-state index is 0.457. The molecule has 0 amide bonds. The van der Waals surface area contributed by atoms with Crippen molar-refractivity contribution in [1.82, 2.24) is 9.67 Å². The second-order valence-electron chi connectivity index (χ2n) is 3.51. The third-order valence-electron chi connectivity index (χ3n) is 2.17. The Kier molecular flexibility index (Phi) is 2.31. The van der Waals surface area contributed by atoms with Gasteiger partial charge in [0.05, 0.1) is 6.20 Å². The molecule has 0 aromatic carbocycles. The lowest BCUT2D eigenvalue weighted by molar-refractivity contribution is -0.783. The normalized spacial score (nSPS) is 10.8. The van der Waals surface area contributed by atoms with Crippen LogP contribution < -0.4 is 4.68 Å². The molecule has 0 spiro atoms. The molecule has 0 radical (unpaired) electrons. The lowest BCUT2D eigenvalue weighted by Gasteiger charge is -2.04. The summed E-state index contributed by atoms with van der Waals surface area (Å²) in [5.74, 6) is 0. The fourth-order valence-electron chi connectivity index (χ4n) is 1.49. The van der Waals surface area contributed by atoms with Crippen LogP contribution in [0, 0.1) is 0 Å². The molecule has 0 unspecified atom stereocenters. The van der Waals surface area contributed by atoms with Crippen LogP contribution in [0.2, 0.25) is 0 Å². The first-order valence-corrected chi connectivity index (χ1v) is 4.78. The van der Waals surface area contributed by atoms with Crippen LogP contribution in [0.3, 0.4) is 0 Å². The lowest BCUT2D eigenvalue weighted by Crippen LogP contribution is -2.43. The maximum absolute atomic E-state index is 4.01. The second-order valence-corrected chi connectivity index (χ2v) is 3.51. The third-order valence-corrected chi connectivity index (χ3v) is 2.17. The first kappa shape index (κ1) is 8.94. The minimum Gasteiger partial charge on any atom is -0.265 e. The summed E-state index contributed by atoms with van der Waals surface area (Å²) < 4.78 is 4.29. The highest BCUT2D eigenvalue weighted by atomic mass is 15.4. The Morgan fingerprint density at radius 3 is 2.64 bits per heavy atom. The maximum Gasteiger partial charge on any atom is 0.196 e. The van der Waals surface area contributed by atoms with E-state index in [0.29, 0.717) is 6.04 Å². The van der Waals surface area contributed by atoms with Crippen LogP contribution >= 0.6 is 0 Å². The van der Waals surface area contributed by atoms with Crippen LogP contribution in [0.25, 0.3) is 5.69 Å². The molecule has 0 saturated carbocycles. The van der Waals surface area contributed by atoms with E-state index < -0.39 is 0 Å². The van der Waals surface area contributed by atoms with Crippen molar-refractivity contribution in [2.45, 2.75) is 19.9 Å². The summed E-state index contributed by atoms with van der Waals surface area (Å²) in [5, 5.41) is 0. The molecule has 2 heterocycles. The number of aromatic nitrogens is 3. The van der Waals surface area contributed by atoms with E-state index in [1.165, 1.54) is 0 Å². The average molecular weight is 188 g/mol. The molecule has 0 saturated heterocycles. The van der Waals surface area contributed by atoms with Crippen LogP contribution in [0.1, 0.15) is 19.9 Å². The first-order valence-electron chi connectivity index (χ1n) is 4.78. The van der Waals surface area contributed by atoms with Gasteiger partial charge in [0.1, 0.15) is 5.69 Å². The monoisotopic (exact) mass is 188 g/mol. The van der Waals surface area contributed by atoms with Crippen molar-refractivity contribution in [2.24, 2.45) is 0 Å². The molecule has 2 aromatic rings. The highest BCUT2D eigenvalue weighted by Gasteiger charge is 2.12. The smallest absolute Gasteiger partial charge is 0.196 e. The van der Waals surface area contributed by atoms with Gasteiger partial charge in [0.15, 0.2) is 12.2 Å². The number of hydrogen-bond donors (Lipinski definition) is 0. The van der Waals surface area contributed by atoms with Crippen molar-refractivity contribution in [2.75, 3.05) is 0 Å². The van der Waals surface area contributed by atoms with Gasteiger partial charge in [-0.3, -0.25) is 4.98 Å². The average Bonchev–Trinajstić information content (AvgIpc) is 2.67. The van der Waals surface area contributed by atoms with Gasteiger partial charge in [0.25, 0.3) is 0 Å². The molecule has 0 fully saturated rings. The quantitative estimate of drug-likeness (QED) is 0.658. The number of pyridine rings is 1. The standard InChI is InChI=1S/C11H14N3/c1-10(2)13-8-3-9-14(13)11-4-6-12-7-5-11/h3-10H,1-2H3/q+1. The molecule has 72 valence electrons. The molecule has 0 bridgehead atoms. The molecule has 0 atom stereocenters. The number of rotatable bonds is 2. The van der Waals surface area contributed by atoms with Gasteiger partial charge in [0.2, 0.25) is 0 Å². The molecule has 14 heavy (non-hydrogen) atoms. The minimum atomic E-state index is 0.457. The van der Waals surface area contributed by atoms with Gasteiger partial charge in [-0.25, -0.2) is 0 Å². The predicted molar refractivity (Wildman–Crippen MR) is 54.1 cm³/mol. The molecule has 0 aliphatic rings. The van der Waals surface area contributed by atoms with Gasteiger partial charge >= 0.3 is 0 Å². The molecule has 3 nitrogen and oxygen atoms in total. The Labute approximate surface area is 83.6 Å². The Morgan fingerprint density at radius 1 is 1.29 bits per heavy atom. The molecular weight excluding hydrogens is 174 g/mol. The van der Waals surface area contributed by atoms with E-state index in [9.17, 15) is 0 Å². The SMILES string of the molecule is CC(C)[n+]1cccn1-c1ccncc1. The van der Waals surface area contributed by atoms with Crippen LogP contribution in [-0.2, 0) is 0 Å². The summed E-state index contributed by atoms with van der Waals surface area (Å²) in [5.41, 5.74) is 1.14. The van der Waals surface area contributed by atoms with Gasteiger partial charge in [0, 0.05) is 18.5 Å². The Bertz CT molecular complexity index is 403. The molecule has 2 aromatic heterocycles. The van der Waals surface area contributed by atoms with E-state index in [0.717, 1.165) is 5.69 Å². The van der Waals surface area contributed by atoms with Crippen molar-refractivity contribution in [3.05, 3.63) is 43.0 Å². The Hall–Kier alpha value is -1.64. The lowest BCUT2D eigenvalue weighted by atomic mass is 10.4. The van der Waals surface area contributed by atoms with E-state index in [-0.39, 0.29) is 0 Å². The molecule has 0 aliphatic heterocycles. The van der Waals surface area contributed by atoms with E-state index in [1.807, 2.05) is 18.2 Å². The summed E-state index contributed by atoms with van der Waals surface area (Å²) in [6.45, 7) is 4.33. The Morgan fingerprint density at radius 2 is 2.00 bits per heavy atom. The van der Waals surface area contributed by atoms with E-state index in [1.54, 1.807) is 12.4 Å². The van der Waals surface area contributed by atoms with Crippen molar-refractivity contribution in [3.63, 3.8) is 0 Å². The molecule has 3 heteroatoms. The van der Waals surface area contributed by atoms with Crippen LogP contribution in [-0.4, -0.2) is 9.67 Å². The van der Waals surface area contributed by atoms with Gasteiger partial charge in [-0.05, 0) is 26.0 Å². The highest BCUT2D eigenvalue weighted by Crippen LogP contribution is 2.03. The van der Waals surface area contributed by atoms with Gasteiger partial charge in [-0.2, -0.15) is 0 Å². The third kappa shape index (κ3) is 1.53. The fourth-order valence-corrected chi connectivity index (χ4v) is 1.49. The number of hydrogen-bond acceptors (Lipinski definition) is 1. The first-order chi connectivity index (χ1) is 6.79. The molecule has 2 rings (SSSR count). The Balaban J connectivity index is 2.47. The van der Waals surface area contributed by atoms with E-state index in [4.69, 9.17) is 0 Å². The highest BCUT2D eigenvalue weighted by molar-refractivity contribution is 5.25. The zero-order chi connectivity index (χ0) is 9.97. The van der Waals surface area contributed by atoms with E-state index in [2.05, 4.69) is 40.6 Å². The van der Waals surface area contributed by atoms with Crippen molar-refractivity contribution < 1.29 is 4.68 Å². The predicted octanol–water partition coefficient (Wildman–Crippen LogP) is 1.74. The molecule has 0 aliphatic carbocycles. The summed E-state index contributed by atoms with van der Waals surface area (Å²) in [6, 6.07) is 6.50. The van der Waals surface area contributed by atoms with Gasteiger partial charge in [-0.15, -0.1) is 9.36 Å². The maximum atomic E-state index is 4.01. The van der Waals surface area contributed by atoms with Crippen molar-refractivity contribution in [3.8, 4) is 5.69 Å². The van der Waals surface area contributed by atoms with Gasteiger partial charge < -0.3 is 0 Å². The number of nitrogens with zero attached hydrogens (tertiary/aromatic N) is 3. The largest absolute Gasteiger partial charge is 0.265 e. The summed E-state index contributed by atoms with van der Waals surface area (Å²) >= 11 is 0. The van der Waals surface area contributed by atoms with Crippen LogP contribution in [0.4, 0.5) is 0 Å². The molecule has 0 N–H and O–H groups in total. The topological polar surface area (TPSA) is 21.7 Å². The van der Waals surface area contributed by atoms with E-state index >= 15 is 0 Å².